The topological polar surface area (TPSA) is 37.3 Å². The minimum Gasteiger partial charge on any atom is -0.507 e. The number of phenols is 1. The largest absolute Gasteiger partial charge is 0.507 e. The van der Waals surface area contributed by atoms with Gasteiger partial charge in [-0.25, -0.2) is 0 Å². The molecule has 0 aromatic heterocycles. The molecule has 0 radical (unpaired) electrons. The molecule has 2 heteroatoms. The van der Waals surface area contributed by atoms with Crippen LogP contribution in [0.25, 0.3) is 5.57 Å². The lowest BCUT2D eigenvalue weighted by atomic mass is 10.0. The fraction of sp³-hybridized carbons (Fsp3) is 0.250. The van der Waals surface area contributed by atoms with Gasteiger partial charge in [-0.15, -0.1) is 0 Å². The lowest BCUT2D eigenvalue weighted by Gasteiger charge is -2.06. The Bertz CT molecular complexity index is 376. The molecule has 1 fully saturated rings. The normalized spacial score (nSPS) is 16.7. The van der Waals surface area contributed by atoms with Crippen LogP contribution in [0.2, 0.25) is 0 Å². The molecule has 1 aliphatic carbocycles. The zero-order valence-corrected chi connectivity index (χ0v) is 7.81. The highest BCUT2D eigenvalue weighted by molar-refractivity contribution is 5.85. The Morgan fingerprint density at radius 3 is 2.64 bits per heavy atom. The maximum Gasteiger partial charge on any atom is 0.143 e. The van der Waals surface area contributed by atoms with Crippen molar-refractivity contribution in [3.63, 3.8) is 0 Å². The van der Waals surface area contributed by atoms with Gasteiger partial charge in [0.2, 0.25) is 0 Å². The zero-order chi connectivity index (χ0) is 9.97. The van der Waals surface area contributed by atoms with E-state index >= 15 is 0 Å². The lowest BCUT2D eigenvalue weighted by molar-refractivity contribution is -0.104. The first-order valence-corrected chi connectivity index (χ1v) is 4.76. The van der Waals surface area contributed by atoms with Crippen LogP contribution in [0.3, 0.4) is 0 Å². The Morgan fingerprint density at radius 2 is 2.07 bits per heavy atom. The summed E-state index contributed by atoms with van der Waals surface area (Å²) in [5.41, 5.74) is 1.76. The molecule has 0 unspecified atom stereocenters. The summed E-state index contributed by atoms with van der Waals surface area (Å²) in [7, 11) is 0. The molecule has 0 saturated heterocycles. The van der Waals surface area contributed by atoms with Crippen molar-refractivity contribution in [2.75, 3.05) is 0 Å². The van der Waals surface area contributed by atoms with E-state index in [9.17, 15) is 9.90 Å². The first kappa shape index (κ1) is 9.00. The van der Waals surface area contributed by atoms with Gasteiger partial charge in [0.1, 0.15) is 12.0 Å². The third kappa shape index (κ3) is 1.69. The Hall–Kier alpha value is -1.57. The van der Waals surface area contributed by atoms with E-state index < -0.39 is 0 Å². The zero-order valence-electron chi connectivity index (χ0n) is 7.81. The molecule has 0 atom stereocenters. The second-order valence-electron chi connectivity index (χ2n) is 3.55. The van der Waals surface area contributed by atoms with Crippen LogP contribution in [0.1, 0.15) is 18.4 Å². The van der Waals surface area contributed by atoms with E-state index in [0.717, 1.165) is 30.3 Å². The van der Waals surface area contributed by atoms with Crippen molar-refractivity contribution >= 4 is 11.9 Å². The molecule has 14 heavy (non-hydrogen) atoms. The van der Waals surface area contributed by atoms with E-state index in [4.69, 9.17) is 0 Å². The number of carbonyl (C=O) groups excluding carboxylic acids is 1. The van der Waals surface area contributed by atoms with Crippen LogP contribution in [0.5, 0.6) is 5.75 Å². The molecule has 1 aromatic carbocycles. The molecule has 2 rings (SSSR count). The predicted molar refractivity (Wildman–Crippen MR) is 54.9 cm³/mol. The van der Waals surface area contributed by atoms with Crippen molar-refractivity contribution in [2.24, 2.45) is 5.92 Å². The number of allylic oxidation sites excluding steroid dienone is 2. The van der Waals surface area contributed by atoms with Crippen LogP contribution < -0.4 is 0 Å². The number of hydrogen-bond donors (Lipinski definition) is 1. The van der Waals surface area contributed by atoms with Gasteiger partial charge in [0.25, 0.3) is 0 Å². The molecule has 1 aromatic rings. The van der Waals surface area contributed by atoms with Gasteiger partial charge in [-0.2, -0.15) is 0 Å². The molecule has 0 spiro atoms. The number of phenolic OH excluding ortho intramolecular Hbond substituents is 1. The van der Waals surface area contributed by atoms with Crippen molar-refractivity contribution < 1.29 is 9.90 Å². The Labute approximate surface area is 82.9 Å². The lowest BCUT2D eigenvalue weighted by Crippen LogP contribution is -1.88. The Kier molecular flexibility index (Phi) is 2.35. The minimum atomic E-state index is 0.257. The van der Waals surface area contributed by atoms with Crippen molar-refractivity contribution in [1.29, 1.82) is 0 Å². The van der Waals surface area contributed by atoms with E-state index in [1.165, 1.54) is 0 Å². The van der Waals surface area contributed by atoms with E-state index in [-0.39, 0.29) is 5.75 Å². The van der Waals surface area contributed by atoms with Crippen molar-refractivity contribution in [2.45, 2.75) is 12.8 Å². The minimum absolute atomic E-state index is 0.257. The summed E-state index contributed by atoms with van der Waals surface area (Å²) in [4.78, 5) is 10.5. The van der Waals surface area contributed by atoms with Crippen LogP contribution in [0, 0.1) is 5.92 Å². The molecule has 0 amide bonds. The van der Waals surface area contributed by atoms with Gasteiger partial charge in [0.15, 0.2) is 0 Å². The first-order chi connectivity index (χ1) is 6.83. The molecule has 0 heterocycles. The molecule has 72 valence electrons. The average Bonchev–Trinajstić information content (AvgIpc) is 2.99. The standard InChI is InChI=1S/C12H12O2/c13-8-7-10(9-5-6-9)11-3-1-2-4-12(11)14/h1-4,7-9,14H,5-6H2/b10-7-. The number of aldehydes is 1. The Morgan fingerprint density at radius 1 is 1.36 bits per heavy atom. The van der Waals surface area contributed by atoms with E-state index in [0.29, 0.717) is 5.92 Å². The van der Waals surface area contributed by atoms with Gasteiger partial charge >= 0.3 is 0 Å². The van der Waals surface area contributed by atoms with Crippen molar-refractivity contribution in [3.8, 4) is 5.75 Å². The van der Waals surface area contributed by atoms with Crippen LogP contribution >= 0.6 is 0 Å². The van der Waals surface area contributed by atoms with Gasteiger partial charge in [-0.1, -0.05) is 18.2 Å². The number of para-hydroxylation sites is 1. The highest BCUT2D eigenvalue weighted by atomic mass is 16.3. The van der Waals surface area contributed by atoms with E-state index in [1.807, 2.05) is 12.1 Å². The summed E-state index contributed by atoms with van der Waals surface area (Å²) < 4.78 is 0. The molecule has 2 nitrogen and oxygen atoms in total. The van der Waals surface area contributed by atoms with E-state index in [2.05, 4.69) is 0 Å². The van der Waals surface area contributed by atoms with Crippen molar-refractivity contribution in [3.05, 3.63) is 35.9 Å². The van der Waals surface area contributed by atoms with Gasteiger partial charge in [-0.05, 0) is 36.5 Å². The summed E-state index contributed by atoms with van der Waals surface area (Å²) in [6.45, 7) is 0. The smallest absolute Gasteiger partial charge is 0.143 e. The van der Waals surface area contributed by atoms with Crippen LogP contribution in [-0.2, 0) is 4.79 Å². The van der Waals surface area contributed by atoms with Crippen molar-refractivity contribution in [1.82, 2.24) is 0 Å². The maximum absolute atomic E-state index is 10.5. The number of hydrogen-bond acceptors (Lipinski definition) is 2. The first-order valence-electron chi connectivity index (χ1n) is 4.76. The summed E-state index contributed by atoms with van der Waals surface area (Å²) >= 11 is 0. The molecule has 0 aliphatic heterocycles. The fourth-order valence-corrected chi connectivity index (χ4v) is 1.63. The van der Waals surface area contributed by atoms with Crippen LogP contribution in [-0.4, -0.2) is 11.4 Å². The molecular formula is C12H12O2. The summed E-state index contributed by atoms with van der Waals surface area (Å²) in [5, 5.41) is 9.63. The predicted octanol–water partition coefficient (Wildman–Crippen LogP) is 2.38. The number of rotatable bonds is 3. The van der Waals surface area contributed by atoms with Crippen LogP contribution in [0.15, 0.2) is 30.3 Å². The van der Waals surface area contributed by atoms with Gasteiger partial charge in [-0.3, -0.25) is 4.79 Å². The number of aromatic hydroxyl groups is 1. The summed E-state index contributed by atoms with van der Waals surface area (Å²) in [6, 6.07) is 7.15. The maximum atomic E-state index is 10.5. The molecule has 1 N–H and O–H groups in total. The number of benzene rings is 1. The number of carbonyl (C=O) groups is 1. The monoisotopic (exact) mass is 188 g/mol. The summed E-state index contributed by atoms with van der Waals surface area (Å²) in [5.74, 6) is 0.723. The van der Waals surface area contributed by atoms with Gasteiger partial charge < -0.3 is 5.11 Å². The second kappa shape index (κ2) is 3.66. The third-order valence-electron chi connectivity index (χ3n) is 2.48. The SMILES string of the molecule is O=C/C=C(\c1ccccc1O)C1CC1. The third-order valence-corrected chi connectivity index (χ3v) is 2.48. The summed E-state index contributed by atoms with van der Waals surface area (Å²) in [6.07, 6.45) is 4.59. The van der Waals surface area contributed by atoms with Gasteiger partial charge in [0, 0.05) is 5.56 Å². The average molecular weight is 188 g/mol. The quantitative estimate of drug-likeness (QED) is 0.584. The van der Waals surface area contributed by atoms with E-state index in [1.54, 1.807) is 18.2 Å². The Balaban J connectivity index is 2.40. The molecule has 0 bridgehead atoms. The van der Waals surface area contributed by atoms with Crippen LogP contribution in [0.4, 0.5) is 0 Å². The molecule has 1 aliphatic rings. The highest BCUT2D eigenvalue weighted by Crippen LogP contribution is 2.43. The molecule has 1 saturated carbocycles. The molecular weight excluding hydrogens is 176 g/mol. The highest BCUT2D eigenvalue weighted by Gasteiger charge is 2.27. The van der Waals surface area contributed by atoms with Gasteiger partial charge in [0.05, 0.1) is 0 Å². The fourth-order valence-electron chi connectivity index (χ4n) is 1.63. The second-order valence-corrected chi connectivity index (χ2v) is 3.55.